The lowest BCUT2D eigenvalue weighted by atomic mass is 10.2. The van der Waals surface area contributed by atoms with E-state index in [1.807, 2.05) is 0 Å². The van der Waals surface area contributed by atoms with Gasteiger partial charge in [0.2, 0.25) is 0 Å². The second-order valence-corrected chi connectivity index (χ2v) is 7.15. The van der Waals surface area contributed by atoms with E-state index < -0.39 is 30.5 Å². The minimum absolute atomic E-state index is 0.0941. The van der Waals surface area contributed by atoms with E-state index in [9.17, 15) is 23.3 Å². The zero-order valence-corrected chi connectivity index (χ0v) is 13.6. The number of nitro benzene ring substituents is 1. The molecule has 0 radical (unpaired) electrons. The van der Waals surface area contributed by atoms with Crippen LogP contribution in [0.15, 0.2) is 21.5 Å². The molecule has 0 saturated heterocycles. The summed E-state index contributed by atoms with van der Waals surface area (Å²) in [5, 5.41) is 10.8. The van der Waals surface area contributed by atoms with Crippen LogP contribution < -0.4 is 0 Å². The molecule has 10 heteroatoms. The van der Waals surface area contributed by atoms with Crippen LogP contribution in [0.25, 0.3) is 0 Å². The van der Waals surface area contributed by atoms with Crippen LogP contribution in [0, 0.1) is 10.1 Å². The first kappa shape index (κ1) is 16.9. The van der Waals surface area contributed by atoms with E-state index in [4.69, 9.17) is 10.7 Å². The number of hydrogen-bond donors (Lipinski definition) is 0. The Balaban J connectivity index is 3.64. The molecule has 0 unspecified atom stereocenters. The number of amides is 1. The Labute approximate surface area is 128 Å². The quantitative estimate of drug-likeness (QED) is 0.450. The molecule has 1 rings (SSSR count). The predicted octanol–water partition coefficient (Wildman–Crippen LogP) is 2.38. The minimum Gasteiger partial charge on any atom is -0.342 e. The second kappa shape index (κ2) is 6.06. The molecule has 0 atom stereocenters. The molecule has 110 valence electrons. The van der Waals surface area contributed by atoms with E-state index in [0.717, 1.165) is 12.1 Å². The van der Waals surface area contributed by atoms with Gasteiger partial charge < -0.3 is 4.90 Å². The van der Waals surface area contributed by atoms with E-state index >= 15 is 0 Å². The molecule has 20 heavy (non-hydrogen) atoms. The number of halogens is 2. The van der Waals surface area contributed by atoms with E-state index in [0.29, 0.717) is 6.54 Å². The average molecular weight is 386 g/mol. The van der Waals surface area contributed by atoms with Crippen molar-refractivity contribution in [3.63, 3.8) is 0 Å². The summed E-state index contributed by atoms with van der Waals surface area (Å²) < 4.78 is 22.8. The van der Waals surface area contributed by atoms with Crippen molar-refractivity contribution < 1.29 is 18.1 Å². The van der Waals surface area contributed by atoms with Crippen LogP contribution in [-0.4, -0.2) is 37.7 Å². The van der Waals surface area contributed by atoms with Crippen LogP contribution >= 0.6 is 26.6 Å². The maximum Gasteiger partial charge on any atom is 0.271 e. The average Bonchev–Trinajstić information content (AvgIpc) is 2.35. The fraction of sp³-hybridized carbons (Fsp3) is 0.300. The van der Waals surface area contributed by atoms with Crippen molar-refractivity contribution in [2.75, 3.05) is 13.6 Å². The van der Waals surface area contributed by atoms with Gasteiger partial charge in [0.05, 0.1) is 15.0 Å². The van der Waals surface area contributed by atoms with Crippen LogP contribution in [0.5, 0.6) is 0 Å². The number of carbonyl (C=O) groups is 1. The van der Waals surface area contributed by atoms with Gasteiger partial charge in [-0.05, 0) is 22.9 Å². The van der Waals surface area contributed by atoms with Gasteiger partial charge in [-0.2, -0.15) is 0 Å². The lowest BCUT2D eigenvalue weighted by Crippen LogP contribution is -2.27. The van der Waals surface area contributed by atoms with Crippen molar-refractivity contribution in [2.24, 2.45) is 0 Å². The normalized spacial score (nSPS) is 11.2. The monoisotopic (exact) mass is 384 g/mol. The van der Waals surface area contributed by atoms with Crippen LogP contribution in [0.4, 0.5) is 5.69 Å². The van der Waals surface area contributed by atoms with Gasteiger partial charge in [0.1, 0.15) is 4.90 Å². The molecule has 1 amide bonds. The summed E-state index contributed by atoms with van der Waals surface area (Å²) in [5.74, 6) is -0.551. The summed E-state index contributed by atoms with van der Waals surface area (Å²) in [6.07, 6.45) is 0. The SMILES string of the molecule is CCN(C)C(=O)c1cc([N+](=O)[O-])cc(S(=O)(=O)Cl)c1Br. The Hall–Kier alpha value is -1.19. The number of benzene rings is 1. The Morgan fingerprint density at radius 1 is 1.50 bits per heavy atom. The molecule has 0 aliphatic carbocycles. The smallest absolute Gasteiger partial charge is 0.271 e. The first-order valence-corrected chi connectivity index (χ1v) is 8.37. The summed E-state index contributed by atoms with van der Waals surface area (Å²) in [7, 11) is 2.49. The molecule has 7 nitrogen and oxygen atoms in total. The highest BCUT2D eigenvalue weighted by molar-refractivity contribution is 9.10. The van der Waals surface area contributed by atoms with E-state index in [-0.39, 0.29) is 10.0 Å². The first-order valence-electron chi connectivity index (χ1n) is 5.27. The Morgan fingerprint density at radius 2 is 2.05 bits per heavy atom. The summed E-state index contributed by atoms with van der Waals surface area (Å²) in [6, 6.07) is 1.80. The van der Waals surface area contributed by atoms with Crippen molar-refractivity contribution in [3.05, 3.63) is 32.3 Å². The molecule has 0 heterocycles. The van der Waals surface area contributed by atoms with Gasteiger partial charge in [0, 0.05) is 36.4 Å². The fourth-order valence-electron chi connectivity index (χ4n) is 1.37. The fourth-order valence-corrected chi connectivity index (χ4v) is 3.64. The number of non-ortho nitro benzene ring substituents is 1. The predicted molar refractivity (Wildman–Crippen MR) is 76.5 cm³/mol. The van der Waals surface area contributed by atoms with Gasteiger partial charge in [0.15, 0.2) is 0 Å². The van der Waals surface area contributed by atoms with Gasteiger partial charge in [-0.25, -0.2) is 8.42 Å². The van der Waals surface area contributed by atoms with Crippen LogP contribution in [0.1, 0.15) is 17.3 Å². The van der Waals surface area contributed by atoms with E-state index in [1.54, 1.807) is 6.92 Å². The molecular formula is C10H10BrClN2O5S. The minimum atomic E-state index is -4.23. The molecule has 0 aliphatic rings. The number of carbonyl (C=O) groups excluding carboxylic acids is 1. The zero-order chi connectivity index (χ0) is 15.7. The number of nitro groups is 1. The summed E-state index contributed by atoms with van der Waals surface area (Å²) in [5.41, 5.74) is -0.664. The number of rotatable bonds is 4. The second-order valence-electron chi connectivity index (χ2n) is 3.82. The largest absolute Gasteiger partial charge is 0.342 e. The van der Waals surface area contributed by atoms with Crippen LogP contribution in [0.2, 0.25) is 0 Å². The third kappa shape index (κ3) is 3.47. The summed E-state index contributed by atoms with van der Waals surface area (Å²) in [6.45, 7) is 2.07. The molecule has 0 bridgehead atoms. The lowest BCUT2D eigenvalue weighted by Gasteiger charge is -2.16. The third-order valence-electron chi connectivity index (χ3n) is 2.55. The highest BCUT2D eigenvalue weighted by Gasteiger charge is 2.26. The van der Waals surface area contributed by atoms with Crippen molar-refractivity contribution in [1.29, 1.82) is 0 Å². The summed E-state index contributed by atoms with van der Waals surface area (Å²) >= 11 is 2.96. The topological polar surface area (TPSA) is 97.6 Å². The Bertz CT molecular complexity index is 676. The third-order valence-corrected chi connectivity index (χ3v) is 5.01. The highest BCUT2D eigenvalue weighted by Crippen LogP contribution is 2.33. The van der Waals surface area contributed by atoms with Gasteiger partial charge in [0.25, 0.3) is 20.6 Å². The Kier molecular flexibility index (Phi) is 5.11. The van der Waals surface area contributed by atoms with Crippen molar-refractivity contribution >= 4 is 47.3 Å². The Morgan fingerprint density at radius 3 is 2.45 bits per heavy atom. The molecule has 0 spiro atoms. The van der Waals surface area contributed by atoms with Gasteiger partial charge in [-0.15, -0.1) is 0 Å². The summed E-state index contributed by atoms with van der Waals surface area (Å²) in [4.78, 5) is 22.9. The zero-order valence-electron chi connectivity index (χ0n) is 10.5. The lowest BCUT2D eigenvalue weighted by molar-refractivity contribution is -0.385. The van der Waals surface area contributed by atoms with Crippen molar-refractivity contribution in [1.82, 2.24) is 4.90 Å². The molecule has 0 fully saturated rings. The van der Waals surface area contributed by atoms with Crippen molar-refractivity contribution in [3.8, 4) is 0 Å². The van der Waals surface area contributed by atoms with Gasteiger partial charge >= 0.3 is 0 Å². The molecule has 1 aromatic rings. The number of hydrogen-bond acceptors (Lipinski definition) is 5. The molecule has 0 aromatic heterocycles. The van der Waals surface area contributed by atoms with Gasteiger partial charge in [-0.1, -0.05) is 0 Å². The molecule has 0 aliphatic heterocycles. The van der Waals surface area contributed by atoms with E-state index in [2.05, 4.69) is 15.9 Å². The van der Waals surface area contributed by atoms with Crippen LogP contribution in [-0.2, 0) is 9.05 Å². The van der Waals surface area contributed by atoms with Gasteiger partial charge in [-0.3, -0.25) is 14.9 Å². The van der Waals surface area contributed by atoms with E-state index in [1.165, 1.54) is 11.9 Å². The highest BCUT2D eigenvalue weighted by atomic mass is 79.9. The first-order chi connectivity index (χ1) is 9.09. The van der Waals surface area contributed by atoms with Crippen LogP contribution in [0.3, 0.4) is 0 Å². The maximum absolute atomic E-state index is 12.1. The molecular weight excluding hydrogens is 376 g/mol. The standard InChI is InChI=1S/C10H10BrClN2O5S/c1-3-13(2)10(15)7-4-6(14(16)17)5-8(9(7)11)20(12,18)19/h4-5H,3H2,1-2H3. The maximum atomic E-state index is 12.1. The molecule has 0 saturated carbocycles. The van der Waals surface area contributed by atoms with Crippen molar-refractivity contribution in [2.45, 2.75) is 11.8 Å². The molecule has 0 N–H and O–H groups in total. The number of nitrogens with zero attached hydrogens (tertiary/aromatic N) is 2. The molecule has 1 aromatic carbocycles.